The van der Waals surface area contributed by atoms with Crippen molar-refractivity contribution in [3.05, 3.63) is 42.0 Å². The molecule has 0 unspecified atom stereocenters. The Morgan fingerprint density at radius 2 is 1.28 bits per heavy atom. The minimum Gasteiger partial charge on any atom is -0.170 e. The minimum atomic E-state index is -5.42. The molecule has 0 heterocycles. The molecule has 1 aromatic rings. The van der Waals surface area contributed by atoms with Crippen LogP contribution in [-0.4, -0.2) is 12.4 Å². The molecule has 0 aromatic heterocycles. The second-order valence-electron chi connectivity index (χ2n) is 3.95. The lowest BCUT2D eigenvalue weighted by atomic mass is 9.80. The zero-order valence-corrected chi connectivity index (χ0v) is 9.36. The topological polar surface area (TPSA) is 0 Å². The molecule has 1 aromatic carbocycles. The van der Waals surface area contributed by atoms with Crippen molar-refractivity contribution >= 4 is 6.08 Å². The quantitative estimate of drug-likeness (QED) is 0.681. The van der Waals surface area contributed by atoms with E-state index in [1.807, 2.05) is 0 Å². The fraction of sp³-hybridized carbons (Fsp3) is 0.333. The number of halogens is 6. The average molecular weight is 268 g/mol. The Morgan fingerprint density at radius 1 is 0.889 bits per heavy atom. The van der Waals surface area contributed by atoms with Crippen LogP contribution in [0, 0.1) is 0 Å². The fourth-order valence-corrected chi connectivity index (χ4v) is 1.44. The smallest absolute Gasteiger partial charge is 0.170 e. The van der Waals surface area contributed by atoms with E-state index in [9.17, 15) is 26.3 Å². The average Bonchev–Trinajstić information content (AvgIpc) is 2.25. The molecule has 6 heteroatoms. The third kappa shape index (κ3) is 2.23. The van der Waals surface area contributed by atoms with Crippen LogP contribution in [0.15, 0.2) is 30.8 Å². The van der Waals surface area contributed by atoms with Crippen LogP contribution in [0.3, 0.4) is 0 Å². The van der Waals surface area contributed by atoms with Crippen LogP contribution in [0.2, 0.25) is 0 Å². The highest BCUT2D eigenvalue weighted by molar-refractivity contribution is 5.48. The highest BCUT2D eigenvalue weighted by atomic mass is 19.4. The SMILES string of the molecule is C=Cc1ccc(C(C)(C(F)(F)F)C(F)(F)F)cc1. The molecule has 0 aliphatic rings. The van der Waals surface area contributed by atoms with Crippen LogP contribution in [0.5, 0.6) is 0 Å². The van der Waals surface area contributed by atoms with Gasteiger partial charge in [0.1, 0.15) is 0 Å². The van der Waals surface area contributed by atoms with Gasteiger partial charge >= 0.3 is 12.4 Å². The van der Waals surface area contributed by atoms with E-state index in [1.54, 1.807) is 0 Å². The third-order valence-corrected chi connectivity index (χ3v) is 2.86. The largest absolute Gasteiger partial charge is 0.406 e. The van der Waals surface area contributed by atoms with Gasteiger partial charge in [-0.2, -0.15) is 26.3 Å². The Bertz CT molecular complexity index is 409. The lowest BCUT2D eigenvalue weighted by molar-refractivity contribution is -0.297. The molecule has 0 saturated heterocycles. The van der Waals surface area contributed by atoms with Crippen LogP contribution >= 0.6 is 0 Å². The van der Waals surface area contributed by atoms with Crippen molar-refractivity contribution in [2.75, 3.05) is 0 Å². The van der Waals surface area contributed by atoms with Crippen molar-refractivity contribution in [1.82, 2.24) is 0 Å². The van der Waals surface area contributed by atoms with E-state index in [-0.39, 0.29) is 6.92 Å². The Kier molecular flexibility index (Phi) is 3.51. The molecule has 0 spiro atoms. The highest BCUT2D eigenvalue weighted by Gasteiger charge is 2.68. The van der Waals surface area contributed by atoms with E-state index in [2.05, 4.69) is 6.58 Å². The van der Waals surface area contributed by atoms with Gasteiger partial charge in [0.2, 0.25) is 0 Å². The minimum absolute atomic E-state index is 0.135. The Morgan fingerprint density at radius 3 is 1.56 bits per heavy atom. The molecule has 0 N–H and O–H groups in total. The summed E-state index contributed by atoms with van der Waals surface area (Å²) < 4.78 is 76.4. The molecule has 1 rings (SSSR count). The molecule has 18 heavy (non-hydrogen) atoms. The summed E-state index contributed by atoms with van der Waals surface area (Å²) in [6.07, 6.45) is -9.50. The summed E-state index contributed by atoms with van der Waals surface area (Å²) in [7, 11) is 0. The molecule has 0 radical (unpaired) electrons. The Hall–Kier alpha value is -1.46. The van der Waals surface area contributed by atoms with Crippen molar-refractivity contribution < 1.29 is 26.3 Å². The second kappa shape index (κ2) is 4.33. The van der Waals surface area contributed by atoms with Crippen molar-refractivity contribution in [1.29, 1.82) is 0 Å². The summed E-state index contributed by atoms with van der Waals surface area (Å²) in [5.41, 5.74) is -4.27. The third-order valence-electron chi connectivity index (χ3n) is 2.86. The molecular formula is C12H10F6. The van der Waals surface area contributed by atoms with Crippen LogP contribution in [0.1, 0.15) is 18.1 Å². The molecule has 0 atom stereocenters. The molecule has 0 bridgehead atoms. The summed E-state index contributed by atoms with van der Waals surface area (Å²) in [6.45, 7) is 3.51. The van der Waals surface area contributed by atoms with Gasteiger partial charge in [0.05, 0.1) is 0 Å². The number of hydrogen-bond acceptors (Lipinski definition) is 0. The normalized spacial score (nSPS) is 13.5. The summed E-state index contributed by atoms with van der Waals surface area (Å²) in [5, 5.41) is 0. The zero-order valence-electron chi connectivity index (χ0n) is 9.36. The first-order chi connectivity index (χ1) is 8.04. The van der Waals surface area contributed by atoms with Gasteiger partial charge in [0, 0.05) is 0 Å². The van der Waals surface area contributed by atoms with Gasteiger partial charge in [-0.15, -0.1) is 0 Å². The van der Waals surface area contributed by atoms with Gasteiger partial charge in [0.15, 0.2) is 5.41 Å². The van der Waals surface area contributed by atoms with Crippen molar-refractivity contribution in [3.63, 3.8) is 0 Å². The monoisotopic (exact) mass is 268 g/mol. The maximum atomic E-state index is 12.7. The van der Waals surface area contributed by atoms with Crippen molar-refractivity contribution in [2.24, 2.45) is 0 Å². The Labute approximate surface area is 99.9 Å². The standard InChI is InChI=1S/C12H10F6/c1-3-8-4-6-9(7-5-8)10(2,11(13,14)15)12(16,17)18/h3-7H,1H2,2H3. The van der Waals surface area contributed by atoms with E-state index in [0.29, 0.717) is 5.56 Å². The summed E-state index contributed by atoms with van der Waals surface area (Å²) in [6, 6.07) is 3.96. The zero-order chi connectivity index (χ0) is 14.2. The van der Waals surface area contributed by atoms with Gasteiger partial charge in [-0.3, -0.25) is 0 Å². The maximum Gasteiger partial charge on any atom is 0.406 e. The van der Waals surface area contributed by atoms with Crippen molar-refractivity contribution in [3.8, 4) is 0 Å². The molecule has 0 fully saturated rings. The van der Waals surface area contributed by atoms with E-state index in [4.69, 9.17) is 0 Å². The molecule has 0 nitrogen and oxygen atoms in total. The van der Waals surface area contributed by atoms with E-state index < -0.39 is 23.3 Å². The van der Waals surface area contributed by atoms with Crippen LogP contribution in [0.4, 0.5) is 26.3 Å². The van der Waals surface area contributed by atoms with Crippen molar-refractivity contribution in [2.45, 2.75) is 24.7 Å². The lowest BCUT2D eigenvalue weighted by Crippen LogP contribution is -2.51. The first-order valence-electron chi connectivity index (χ1n) is 4.90. The molecule has 100 valence electrons. The van der Waals surface area contributed by atoms with Gasteiger partial charge in [0.25, 0.3) is 0 Å². The first-order valence-corrected chi connectivity index (χ1v) is 4.90. The molecule has 0 aliphatic carbocycles. The van der Waals surface area contributed by atoms with Crippen LogP contribution < -0.4 is 0 Å². The highest BCUT2D eigenvalue weighted by Crippen LogP contribution is 2.51. The van der Waals surface area contributed by atoms with Gasteiger partial charge in [-0.1, -0.05) is 36.9 Å². The molecule has 0 aliphatic heterocycles. The van der Waals surface area contributed by atoms with E-state index in [0.717, 1.165) is 24.3 Å². The molecule has 0 saturated carbocycles. The van der Waals surface area contributed by atoms with Crippen LogP contribution in [-0.2, 0) is 5.41 Å². The molecule has 0 amide bonds. The van der Waals surface area contributed by atoms with Gasteiger partial charge in [-0.05, 0) is 18.1 Å². The van der Waals surface area contributed by atoms with E-state index in [1.165, 1.54) is 6.08 Å². The summed E-state index contributed by atoms with van der Waals surface area (Å²) >= 11 is 0. The number of alkyl halides is 6. The van der Waals surface area contributed by atoms with Gasteiger partial charge in [-0.25, -0.2) is 0 Å². The Balaban J connectivity index is 3.40. The number of hydrogen-bond donors (Lipinski definition) is 0. The first kappa shape index (κ1) is 14.6. The van der Waals surface area contributed by atoms with Gasteiger partial charge < -0.3 is 0 Å². The molecular weight excluding hydrogens is 258 g/mol. The predicted molar refractivity (Wildman–Crippen MR) is 56.0 cm³/mol. The number of benzene rings is 1. The maximum absolute atomic E-state index is 12.7. The van der Waals surface area contributed by atoms with E-state index >= 15 is 0 Å². The predicted octanol–water partition coefficient (Wildman–Crippen LogP) is 4.71. The lowest BCUT2D eigenvalue weighted by Gasteiger charge is -2.34. The number of rotatable bonds is 2. The summed E-state index contributed by atoms with van der Waals surface area (Å²) in [4.78, 5) is 0. The summed E-state index contributed by atoms with van der Waals surface area (Å²) in [5.74, 6) is 0. The second-order valence-corrected chi connectivity index (χ2v) is 3.95. The fourth-order valence-electron chi connectivity index (χ4n) is 1.44. The van der Waals surface area contributed by atoms with Crippen LogP contribution in [0.25, 0.3) is 6.08 Å².